The number of carbonyl (C=O) groups is 2. The van der Waals surface area contributed by atoms with Gasteiger partial charge in [-0.1, -0.05) is 13.8 Å². The number of aliphatic hydroxyl groups is 2. The molecule has 10 heteroatoms. The first-order valence-corrected chi connectivity index (χ1v) is 15.1. The van der Waals surface area contributed by atoms with E-state index in [2.05, 4.69) is 4.98 Å². The molecule has 2 aromatic rings. The quantitative estimate of drug-likeness (QED) is 0.487. The summed E-state index contributed by atoms with van der Waals surface area (Å²) in [6.45, 7) is 4.05. The first kappa shape index (κ1) is 27.6. The van der Waals surface area contributed by atoms with E-state index in [1.807, 2.05) is 13.8 Å². The molecule has 0 amide bonds. The van der Waals surface area contributed by atoms with Gasteiger partial charge in [-0.05, 0) is 68.4 Å². The van der Waals surface area contributed by atoms with Gasteiger partial charge >= 0.3 is 17.6 Å². The number of nitrogens with zero attached hydrogens (tertiary/aromatic N) is 1. The molecular formula is C32H37NO9. The molecule has 4 aliphatic carbocycles. The molecule has 10 nitrogen and oxygen atoms in total. The lowest BCUT2D eigenvalue weighted by molar-refractivity contribution is -0.240. The Morgan fingerprint density at radius 1 is 1.10 bits per heavy atom. The molecule has 5 aliphatic rings. The Morgan fingerprint density at radius 2 is 1.83 bits per heavy atom. The average molecular weight is 580 g/mol. The highest BCUT2D eigenvalue weighted by atomic mass is 16.6. The van der Waals surface area contributed by atoms with Crippen LogP contribution in [0.5, 0.6) is 5.75 Å². The summed E-state index contributed by atoms with van der Waals surface area (Å²) in [5, 5.41) is 23.4. The van der Waals surface area contributed by atoms with Crippen LogP contribution in [-0.4, -0.2) is 52.1 Å². The first-order chi connectivity index (χ1) is 20.1. The lowest BCUT2D eigenvalue weighted by atomic mass is 9.45. The fourth-order valence-corrected chi connectivity index (χ4v) is 7.97. The fourth-order valence-electron chi connectivity index (χ4n) is 7.97. The Kier molecular flexibility index (Phi) is 6.51. The predicted molar refractivity (Wildman–Crippen MR) is 147 cm³/mol. The van der Waals surface area contributed by atoms with Crippen LogP contribution in [0.2, 0.25) is 0 Å². The van der Waals surface area contributed by atoms with E-state index in [4.69, 9.17) is 18.6 Å². The lowest BCUT2D eigenvalue weighted by Gasteiger charge is -2.63. The normalized spacial score (nSPS) is 37.0. The SMILES string of the molecule is CC1(COC(=O)C2CC2)[C@@H](OC(=O)C2CC2)CC[C@]2(C)[C@@H]3C(Oc4cc(-c5cccnc5)oc(=O)c4[C@@H]3O)C(O)C[C@@H]12. The predicted octanol–water partition coefficient (Wildman–Crippen LogP) is 3.57. The molecule has 8 atom stereocenters. The average Bonchev–Trinajstić information content (AvgIpc) is 3.88. The van der Waals surface area contributed by atoms with Crippen molar-refractivity contribution in [3.05, 3.63) is 46.6 Å². The maximum absolute atomic E-state index is 13.3. The molecule has 7 rings (SSSR count). The van der Waals surface area contributed by atoms with Gasteiger partial charge in [0.15, 0.2) is 0 Å². The van der Waals surface area contributed by atoms with Crippen LogP contribution in [0.4, 0.5) is 0 Å². The molecule has 0 saturated heterocycles. The Labute approximate surface area is 243 Å². The third kappa shape index (κ3) is 4.45. The van der Waals surface area contributed by atoms with Crippen LogP contribution in [-0.2, 0) is 19.1 Å². The highest BCUT2D eigenvalue weighted by Crippen LogP contribution is 2.64. The summed E-state index contributed by atoms with van der Waals surface area (Å²) >= 11 is 0. The van der Waals surface area contributed by atoms with Crippen molar-refractivity contribution in [1.29, 1.82) is 0 Å². The second-order valence-corrected chi connectivity index (χ2v) is 13.5. The summed E-state index contributed by atoms with van der Waals surface area (Å²) < 4.78 is 23.9. The molecule has 3 heterocycles. The number of fused-ring (bicyclic) bond motifs is 4. The van der Waals surface area contributed by atoms with Gasteiger partial charge in [-0.3, -0.25) is 14.6 Å². The number of pyridine rings is 1. The van der Waals surface area contributed by atoms with Crippen LogP contribution in [0.1, 0.15) is 70.5 Å². The van der Waals surface area contributed by atoms with Crippen molar-refractivity contribution < 1.29 is 38.4 Å². The second-order valence-electron chi connectivity index (χ2n) is 13.5. The van der Waals surface area contributed by atoms with Gasteiger partial charge in [0.05, 0.1) is 24.0 Å². The van der Waals surface area contributed by atoms with Gasteiger partial charge in [0.25, 0.3) is 0 Å². The van der Waals surface area contributed by atoms with Crippen molar-refractivity contribution in [2.45, 2.75) is 83.2 Å². The molecule has 1 aliphatic heterocycles. The highest BCUT2D eigenvalue weighted by molar-refractivity contribution is 5.75. The number of rotatable bonds is 6. The van der Waals surface area contributed by atoms with Crippen LogP contribution >= 0.6 is 0 Å². The number of esters is 2. The zero-order chi connectivity index (χ0) is 29.4. The third-order valence-electron chi connectivity index (χ3n) is 10.6. The molecule has 4 fully saturated rings. The number of aromatic nitrogens is 1. The van der Waals surface area contributed by atoms with Gasteiger partial charge in [-0.2, -0.15) is 0 Å². The zero-order valence-corrected chi connectivity index (χ0v) is 23.9. The number of ether oxygens (including phenoxy) is 3. The molecule has 3 unspecified atom stereocenters. The van der Waals surface area contributed by atoms with Crippen LogP contribution in [0.3, 0.4) is 0 Å². The van der Waals surface area contributed by atoms with Crippen molar-refractivity contribution in [3.63, 3.8) is 0 Å². The van der Waals surface area contributed by atoms with E-state index >= 15 is 0 Å². The van der Waals surface area contributed by atoms with Gasteiger partial charge in [0, 0.05) is 35.4 Å². The highest BCUT2D eigenvalue weighted by Gasteiger charge is 2.66. The largest absolute Gasteiger partial charge is 0.486 e. The van der Waals surface area contributed by atoms with E-state index in [1.165, 1.54) is 0 Å². The van der Waals surface area contributed by atoms with Gasteiger partial charge in [-0.15, -0.1) is 0 Å². The Hall–Kier alpha value is -3.24. The van der Waals surface area contributed by atoms with Gasteiger partial charge < -0.3 is 28.8 Å². The van der Waals surface area contributed by atoms with Crippen LogP contribution in [0.15, 0.2) is 39.8 Å². The van der Waals surface area contributed by atoms with E-state index < -0.39 is 46.8 Å². The molecule has 2 aromatic heterocycles. The number of carbonyl (C=O) groups excluding carboxylic acids is 2. The van der Waals surface area contributed by atoms with Crippen LogP contribution in [0.25, 0.3) is 11.3 Å². The van der Waals surface area contributed by atoms with Crippen molar-refractivity contribution in [2.24, 2.45) is 34.5 Å². The Bertz CT molecular complexity index is 1450. The van der Waals surface area contributed by atoms with Crippen LogP contribution in [0, 0.1) is 34.5 Å². The van der Waals surface area contributed by atoms with E-state index in [0.29, 0.717) is 24.8 Å². The number of aliphatic hydroxyl groups excluding tert-OH is 2. The summed E-state index contributed by atoms with van der Waals surface area (Å²) in [6.07, 6.45) is 4.26. The molecule has 42 heavy (non-hydrogen) atoms. The maximum atomic E-state index is 13.3. The van der Waals surface area contributed by atoms with E-state index in [1.54, 1.807) is 30.6 Å². The van der Waals surface area contributed by atoms with E-state index in [0.717, 1.165) is 25.7 Å². The van der Waals surface area contributed by atoms with Crippen molar-refractivity contribution >= 4 is 11.9 Å². The molecule has 0 spiro atoms. The smallest absolute Gasteiger partial charge is 0.345 e. The topological polar surface area (TPSA) is 145 Å². The molecule has 0 radical (unpaired) electrons. The van der Waals surface area contributed by atoms with Crippen molar-refractivity contribution in [3.8, 4) is 17.1 Å². The molecule has 0 aromatic carbocycles. The van der Waals surface area contributed by atoms with Gasteiger partial charge in [0.1, 0.15) is 35.9 Å². The lowest BCUT2D eigenvalue weighted by Crippen LogP contribution is -2.66. The third-order valence-corrected chi connectivity index (χ3v) is 10.6. The zero-order valence-electron chi connectivity index (χ0n) is 23.9. The Balaban J connectivity index is 1.24. The van der Waals surface area contributed by atoms with Crippen LogP contribution < -0.4 is 10.4 Å². The van der Waals surface area contributed by atoms with Crippen molar-refractivity contribution in [2.75, 3.05) is 6.61 Å². The minimum atomic E-state index is -1.26. The summed E-state index contributed by atoms with van der Waals surface area (Å²) in [4.78, 5) is 42.8. The summed E-state index contributed by atoms with van der Waals surface area (Å²) in [5.74, 6) is -1.15. The molecule has 4 saturated carbocycles. The van der Waals surface area contributed by atoms with Gasteiger partial charge in [-0.25, -0.2) is 4.79 Å². The summed E-state index contributed by atoms with van der Waals surface area (Å²) in [7, 11) is 0. The minimum Gasteiger partial charge on any atom is -0.486 e. The van der Waals surface area contributed by atoms with Crippen molar-refractivity contribution in [1.82, 2.24) is 4.98 Å². The monoisotopic (exact) mass is 579 g/mol. The standard InChI is InChI=1S/C32H37NO9/c1-31-10-9-23(42-29(37)17-7-8-17)32(2,15-39-28(36)16-5-6-16)22(31)12-19(34)27-25(31)26(35)24-21(40-27)13-20(41-30(24)38)18-4-3-11-33-14-18/h3-4,11,13-14,16-17,19,22-23,25-27,34-35H,5-10,12,15H2,1-2H3/t19?,22-,23+,25+,26+,27?,31+,32?/m1/s1. The minimum absolute atomic E-state index is 0.0297. The summed E-state index contributed by atoms with van der Waals surface area (Å²) in [5.41, 5.74) is -1.54. The second kappa shape index (κ2) is 9.91. The number of hydrogen-bond acceptors (Lipinski definition) is 10. The molecular weight excluding hydrogens is 542 g/mol. The fraction of sp³-hybridized carbons (Fsp3) is 0.625. The van der Waals surface area contributed by atoms with Gasteiger partial charge in [0.2, 0.25) is 0 Å². The number of hydrogen-bond donors (Lipinski definition) is 2. The molecule has 0 bridgehead atoms. The summed E-state index contributed by atoms with van der Waals surface area (Å²) in [6, 6.07) is 5.06. The van der Waals surface area contributed by atoms with E-state index in [-0.39, 0.29) is 53.4 Å². The maximum Gasteiger partial charge on any atom is 0.345 e. The first-order valence-electron chi connectivity index (χ1n) is 15.1. The molecule has 2 N–H and O–H groups in total. The van der Waals surface area contributed by atoms with E-state index in [9.17, 15) is 24.6 Å². The Morgan fingerprint density at radius 3 is 2.52 bits per heavy atom. The molecule has 224 valence electrons.